The summed E-state index contributed by atoms with van der Waals surface area (Å²) in [5, 5.41) is 30.9. The van der Waals surface area contributed by atoms with Gasteiger partial charge in [0, 0.05) is 19.1 Å². The lowest BCUT2D eigenvalue weighted by molar-refractivity contribution is -0.118. The fourth-order valence-corrected chi connectivity index (χ4v) is 8.21. The van der Waals surface area contributed by atoms with Crippen molar-refractivity contribution in [3.8, 4) is 11.5 Å². The summed E-state index contributed by atoms with van der Waals surface area (Å²) in [7, 11) is -6.55. The standard InChI is InChI=1S/C18H18N2O6S.C18H20N2O5S/c1-26-16(18(23)13-5-3-2-4-6-13)10-12-7-8-14(15(21)9-12)20-11-17(22)19-27(20,24)25;1-12(18(23)14-5-3-2-4-6-14)9-13-7-8-15(16(21)10-13)20-11-17(22)19-26(20,24)25/h2-9,16,21H,10-11H2,1H3,(H,19,22);2-8,10,12,18,21,23H,9,11H2,1H3,(H,19,22). The highest BCUT2D eigenvalue weighted by atomic mass is 32.2. The first-order valence-electron chi connectivity index (χ1n) is 16.2. The van der Waals surface area contributed by atoms with Crippen LogP contribution in [0.4, 0.5) is 11.4 Å². The summed E-state index contributed by atoms with van der Waals surface area (Å²) >= 11 is 0. The molecule has 2 amide bonds. The number of nitrogens with one attached hydrogen (secondary N) is 2. The summed E-state index contributed by atoms with van der Waals surface area (Å²) in [6.07, 6.45) is -0.717. The van der Waals surface area contributed by atoms with Crippen molar-refractivity contribution in [3.05, 3.63) is 119 Å². The number of phenolic OH excluding ortho intramolecular Hbond substituents is 2. The van der Waals surface area contributed by atoms with E-state index in [0.29, 0.717) is 17.5 Å². The summed E-state index contributed by atoms with van der Waals surface area (Å²) in [6.45, 7) is 1.14. The molecule has 2 fully saturated rings. The van der Waals surface area contributed by atoms with Gasteiger partial charge in [-0.25, -0.2) is 18.1 Å². The number of carbonyl (C=O) groups is 3. The molecule has 0 spiro atoms. The minimum absolute atomic E-state index is 0.0135. The van der Waals surface area contributed by atoms with Crippen LogP contribution >= 0.6 is 0 Å². The number of anilines is 2. The molecule has 0 bridgehead atoms. The van der Waals surface area contributed by atoms with Crippen molar-refractivity contribution in [1.82, 2.24) is 9.44 Å². The van der Waals surface area contributed by atoms with Crippen molar-refractivity contribution in [2.24, 2.45) is 5.92 Å². The van der Waals surface area contributed by atoms with Gasteiger partial charge in [0.2, 0.25) is 0 Å². The number of ketones is 1. The minimum atomic E-state index is -4.01. The number of amides is 2. The lowest BCUT2D eigenvalue weighted by atomic mass is 9.91. The van der Waals surface area contributed by atoms with Crippen LogP contribution in [0.2, 0.25) is 0 Å². The highest BCUT2D eigenvalue weighted by molar-refractivity contribution is 7.92. The first-order valence-corrected chi connectivity index (χ1v) is 19.1. The van der Waals surface area contributed by atoms with E-state index in [4.69, 9.17) is 4.74 Å². The number of aliphatic hydroxyl groups is 1. The molecule has 0 aromatic heterocycles. The van der Waals surface area contributed by atoms with Crippen molar-refractivity contribution >= 4 is 49.4 Å². The molecule has 0 saturated carbocycles. The van der Waals surface area contributed by atoms with Gasteiger partial charge < -0.3 is 20.1 Å². The zero-order valence-corrected chi connectivity index (χ0v) is 30.2. The molecule has 280 valence electrons. The Kier molecular flexibility index (Phi) is 11.7. The summed E-state index contributed by atoms with van der Waals surface area (Å²) in [6, 6.07) is 26.9. The minimum Gasteiger partial charge on any atom is -0.506 e. The molecule has 2 heterocycles. The number of ether oxygens (including phenoxy) is 1. The van der Waals surface area contributed by atoms with E-state index in [0.717, 1.165) is 19.7 Å². The van der Waals surface area contributed by atoms with Crippen LogP contribution in [0.3, 0.4) is 0 Å². The topological polar surface area (TPSA) is 220 Å². The zero-order valence-electron chi connectivity index (χ0n) is 28.6. The molecule has 2 saturated heterocycles. The van der Waals surface area contributed by atoms with Crippen LogP contribution in [-0.4, -0.2) is 76.1 Å². The van der Waals surface area contributed by atoms with Crippen LogP contribution < -0.4 is 18.1 Å². The number of phenols is 2. The number of hydrogen-bond acceptors (Lipinski definition) is 11. The molecule has 4 aromatic rings. The second-order valence-corrected chi connectivity index (χ2v) is 15.6. The molecule has 17 heteroatoms. The van der Waals surface area contributed by atoms with Crippen LogP contribution in [0, 0.1) is 5.92 Å². The molecule has 6 rings (SSSR count). The Hall–Kier alpha value is -5.49. The average Bonchev–Trinajstić information content (AvgIpc) is 3.57. The predicted octanol–water partition coefficient (Wildman–Crippen LogP) is 2.50. The number of aromatic hydroxyl groups is 2. The normalized spacial score (nSPS) is 17.6. The Morgan fingerprint density at radius 3 is 1.60 bits per heavy atom. The second-order valence-electron chi connectivity index (χ2n) is 12.4. The van der Waals surface area contributed by atoms with Gasteiger partial charge in [0.15, 0.2) is 5.78 Å². The van der Waals surface area contributed by atoms with Gasteiger partial charge in [-0.05, 0) is 53.3 Å². The monoisotopic (exact) mass is 766 g/mol. The summed E-state index contributed by atoms with van der Waals surface area (Å²) in [5.41, 5.74) is 2.70. The molecule has 2 aliphatic heterocycles. The molecule has 3 unspecified atom stereocenters. The lowest BCUT2D eigenvalue weighted by Crippen LogP contribution is -2.29. The molecule has 0 aliphatic carbocycles. The maximum Gasteiger partial charge on any atom is 0.326 e. The Morgan fingerprint density at radius 1 is 0.736 bits per heavy atom. The number of benzene rings is 4. The molecular weight excluding hydrogens is 729 g/mol. The first-order chi connectivity index (χ1) is 25.1. The van der Waals surface area contributed by atoms with E-state index in [1.165, 1.54) is 31.4 Å². The number of aliphatic hydroxyl groups excluding tert-OH is 1. The number of carbonyl (C=O) groups excluding carboxylic acids is 3. The number of rotatable bonds is 11. The van der Waals surface area contributed by atoms with Gasteiger partial charge in [-0.3, -0.25) is 14.4 Å². The molecule has 15 nitrogen and oxygen atoms in total. The largest absolute Gasteiger partial charge is 0.506 e. The smallest absolute Gasteiger partial charge is 0.326 e. The maximum atomic E-state index is 12.5. The molecule has 3 atom stereocenters. The van der Waals surface area contributed by atoms with E-state index in [9.17, 15) is 46.5 Å². The summed E-state index contributed by atoms with van der Waals surface area (Å²) in [4.78, 5) is 35.2. The molecule has 53 heavy (non-hydrogen) atoms. The van der Waals surface area contributed by atoms with Crippen LogP contribution in [0.25, 0.3) is 0 Å². The van der Waals surface area contributed by atoms with E-state index in [1.807, 2.05) is 46.7 Å². The van der Waals surface area contributed by atoms with E-state index in [-0.39, 0.29) is 47.5 Å². The Morgan fingerprint density at radius 2 is 1.19 bits per heavy atom. The van der Waals surface area contributed by atoms with Gasteiger partial charge >= 0.3 is 20.4 Å². The highest BCUT2D eigenvalue weighted by Crippen LogP contribution is 2.34. The predicted molar refractivity (Wildman–Crippen MR) is 195 cm³/mol. The van der Waals surface area contributed by atoms with Crippen molar-refractivity contribution in [2.75, 3.05) is 28.8 Å². The summed E-state index contributed by atoms with van der Waals surface area (Å²) in [5.74, 6) is -2.17. The van der Waals surface area contributed by atoms with Crippen molar-refractivity contribution in [1.29, 1.82) is 0 Å². The van der Waals surface area contributed by atoms with Crippen molar-refractivity contribution in [3.63, 3.8) is 0 Å². The number of methoxy groups -OCH3 is 1. The Bertz CT molecular complexity index is 2200. The molecule has 0 radical (unpaired) electrons. The van der Waals surface area contributed by atoms with Gasteiger partial charge in [-0.2, -0.15) is 16.8 Å². The third-order valence-corrected chi connectivity index (χ3v) is 11.3. The fourth-order valence-electron chi connectivity index (χ4n) is 5.88. The number of hydrogen-bond donors (Lipinski definition) is 5. The first kappa shape index (κ1) is 38.7. The quantitative estimate of drug-likeness (QED) is 0.140. The zero-order chi connectivity index (χ0) is 38.5. The van der Waals surface area contributed by atoms with Gasteiger partial charge in [-0.15, -0.1) is 0 Å². The van der Waals surface area contributed by atoms with Gasteiger partial charge in [0.05, 0.1) is 17.5 Å². The van der Waals surface area contributed by atoms with E-state index < -0.39 is 51.0 Å². The highest BCUT2D eigenvalue weighted by Gasteiger charge is 2.36. The molecule has 5 N–H and O–H groups in total. The Balaban J connectivity index is 0.000000204. The third kappa shape index (κ3) is 9.12. The van der Waals surface area contributed by atoms with Crippen molar-refractivity contribution in [2.45, 2.75) is 32.0 Å². The summed E-state index contributed by atoms with van der Waals surface area (Å²) < 4.78 is 58.2. The van der Waals surface area contributed by atoms with E-state index in [2.05, 4.69) is 0 Å². The van der Waals surface area contributed by atoms with Gasteiger partial charge in [0.1, 0.15) is 30.7 Å². The second kappa shape index (κ2) is 16.0. The van der Waals surface area contributed by atoms with E-state index in [1.54, 1.807) is 42.5 Å². The SMILES string of the molecule is CC(Cc1ccc(N2CC(=O)NS2(=O)=O)c(O)c1)C(O)c1ccccc1.COC(Cc1ccc(N2CC(=O)NS2(=O)=O)c(O)c1)C(=O)c1ccccc1. The number of nitrogens with zero attached hydrogens (tertiary/aromatic N) is 2. The molecule has 4 aromatic carbocycles. The van der Waals surface area contributed by atoms with Crippen LogP contribution in [0.1, 0.15) is 40.1 Å². The van der Waals surface area contributed by atoms with Crippen molar-refractivity contribution < 1.29 is 51.3 Å². The van der Waals surface area contributed by atoms with Gasteiger partial charge in [-0.1, -0.05) is 79.7 Å². The molecule has 2 aliphatic rings. The number of Topliss-reactive ketones (excluding diaryl/α,β-unsaturated/α-hetero) is 1. The maximum absolute atomic E-state index is 12.5. The van der Waals surface area contributed by atoms with Crippen LogP contribution in [-0.2, 0) is 47.6 Å². The fraction of sp³-hybridized carbons (Fsp3) is 0.250. The lowest BCUT2D eigenvalue weighted by Gasteiger charge is -2.21. The molecular formula is C36H38N4O11S2. The van der Waals surface area contributed by atoms with Crippen LogP contribution in [0.15, 0.2) is 97.1 Å². The van der Waals surface area contributed by atoms with E-state index >= 15 is 0 Å². The third-order valence-electron chi connectivity index (χ3n) is 8.55. The Labute approximate surface area is 306 Å². The average molecular weight is 767 g/mol. The van der Waals surface area contributed by atoms with Crippen LogP contribution in [0.5, 0.6) is 11.5 Å². The van der Waals surface area contributed by atoms with Gasteiger partial charge in [0.25, 0.3) is 11.8 Å².